The molecule has 1 aromatic rings. The molecule has 2 unspecified atom stereocenters. The van der Waals surface area contributed by atoms with Crippen LogP contribution in [-0.2, 0) is 4.74 Å². The lowest BCUT2D eigenvalue weighted by molar-refractivity contribution is -0.0199. The fraction of sp³-hybridized carbons (Fsp3) is 0.625. The third kappa shape index (κ3) is 3.67. The molecule has 2 heterocycles. The van der Waals surface area contributed by atoms with Crippen LogP contribution in [0.15, 0.2) is 18.2 Å². The quantitative estimate of drug-likeness (QED) is 0.916. The summed E-state index contributed by atoms with van der Waals surface area (Å²) < 4.78 is 17.0. The van der Waals surface area contributed by atoms with Crippen LogP contribution in [-0.4, -0.2) is 50.5 Å². The number of fused-ring (bicyclic) bond motifs is 1. The number of nitrogens with two attached hydrogens (primary N) is 1. The van der Waals surface area contributed by atoms with Gasteiger partial charge in [0.15, 0.2) is 11.5 Å². The van der Waals surface area contributed by atoms with Gasteiger partial charge in [0.2, 0.25) is 0 Å². The van der Waals surface area contributed by atoms with E-state index in [4.69, 9.17) is 19.9 Å². The second-order valence-electron chi connectivity index (χ2n) is 5.80. The SMILES string of the molecule is CC1CN(CC(N)c2ccc3c(c2)OCCCO3)CCO1. The molecule has 0 aromatic heterocycles. The third-order valence-electron chi connectivity index (χ3n) is 3.98. The van der Waals surface area contributed by atoms with E-state index in [1.54, 1.807) is 0 Å². The minimum absolute atomic E-state index is 0.0209. The highest BCUT2D eigenvalue weighted by atomic mass is 16.5. The Hall–Kier alpha value is -1.30. The van der Waals surface area contributed by atoms with Gasteiger partial charge in [0, 0.05) is 32.1 Å². The number of rotatable bonds is 3. The highest BCUT2D eigenvalue weighted by Crippen LogP contribution is 2.32. The van der Waals surface area contributed by atoms with Crippen LogP contribution in [0.25, 0.3) is 0 Å². The minimum atomic E-state index is -0.0209. The molecule has 0 spiro atoms. The first kappa shape index (κ1) is 14.6. The van der Waals surface area contributed by atoms with Crippen LogP contribution in [0.4, 0.5) is 0 Å². The smallest absolute Gasteiger partial charge is 0.161 e. The standard InChI is InChI=1S/C16H24N2O3/c1-12-10-18(5-8-19-12)11-14(17)13-3-4-15-16(9-13)21-7-2-6-20-15/h3-4,9,12,14H,2,5-8,10-11,17H2,1H3. The Kier molecular flexibility index (Phi) is 4.63. The molecule has 2 aliphatic rings. The lowest BCUT2D eigenvalue weighted by Gasteiger charge is -2.32. The Bertz CT molecular complexity index is 481. The molecule has 0 bridgehead atoms. The minimum Gasteiger partial charge on any atom is -0.490 e. The van der Waals surface area contributed by atoms with Gasteiger partial charge in [-0.15, -0.1) is 0 Å². The van der Waals surface area contributed by atoms with Crippen LogP contribution < -0.4 is 15.2 Å². The van der Waals surface area contributed by atoms with Crippen molar-refractivity contribution in [3.05, 3.63) is 23.8 Å². The van der Waals surface area contributed by atoms with Crippen LogP contribution in [0.5, 0.6) is 11.5 Å². The fourth-order valence-electron chi connectivity index (χ4n) is 2.85. The van der Waals surface area contributed by atoms with Crippen molar-refractivity contribution in [2.45, 2.75) is 25.5 Å². The highest BCUT2D eigenvalue weighted by Gasteiger charge is 2.20. The Morgan fingerprint density at radius 3 is 2.86 bits per heavy atom. The second kappa shape index (κ2) is 6.64. The van der Waals surface area contributed by atoms with E-state index in [0.717, 1.165) is 49.7 Å². The molecule has 0 radical (unpaired) electrons. The number of nitrogens with zero attached hydrogens (tertiary/aromatic N) is 1. The molecule has 1 saturated heterocycles. The van der Waals surface area contributed by atoms with Crippen LogP contribution >= 0.6 is 0 Å². The van der Waals surface area contributed by atoms with Gasteiger partial charge in [-0.3, -0.25) is 4.90 Å². The highest BCUT2D eigenvalue weighted by molar-refractivity contribution is 5.44. The third-order valence-corrected chi connectivity index (χ3v) is 3.98. The fourth-order valence-corrected chi connectivity index (χ4v) is 2.85. The summed E-state index contributed by atoms with van der Waals surface area (Å²) in [5.74, 6) is 1.64. The molecule has 21 heavy (non-hydrogen) atoms. The zero-order valence-corrected chi connectivity index (χ0v) is 12.6. The van der Waals surface area contributed by atoms with E-state index in [1.165, 1.54) is 0 Å². The molecule has 2 aliphatic heterocycles. The van der Waals surface area contributed by atoms with E-state index in [-0.39, 0.29) is 12.1 Å². The lowest BCUT2D eigenvalue weighted by atomic mass is 10.1. The average Bonchev–Trinajstić information content (AvgIpc) is 2.71. The molecule has 1 fully saturated rings. The molecule has 0 saturated carbocycles. The molecule has 2 atom stereocenters. The van der Waals surface area contributed by atoms with Gasteiger partial charge in [-0.1, -0.05) is 6.07 Å². The first-order valence-corrected chi connectivity index (χ1v) is 7.71. The van der Waals surface area contributed by atoms with Crippen molar-refractivity contribution in [2.75, 3.05) is 39.5 Å². The van der Waals surface area contributed by atoms with Gasteiger partial charge in [0.1, 0.15) is 0 Å². The molecular weight excluding hydrogens is 268 g/mol. The monoisotopic (exact) mass is 292 g/mol. The first-order chi connectivity index (χ1) is 10.2. The molecule has 0 aliphatic carbocycles. The molecule has 5 nitrogen and oxygen atoms in total. The predicted molar refractivity (Wildman–Crippen MR) is 80.8 cm³/mol. The zero-order chi connectivity index (χ0) is 14.7. The molecule has 1 aromatic carbocycles. The Morgan fingerprint density at radius 1 is 1.24 bits per heavy atom. The zero-order valence-electron chi connectivity index (χ0n) is 12.6. The predicted octanol–water partition coefficient (Wildman–Crippen LogP) is 1.57. The van der Waals surface area contributed by atoms with Crippen LogP contribution in [0.3, 0.4) is 0 Å². The summed E-state index contributed by atoms with van der Waals surface area (Å²) in [6, 6.07) is 6.02. The number of hydrogen-bond donors (Lipinski definition) is 1. The number of hydrogen-bond acceptors (Lipinski definition) is 5. The van der Waals surface area contributed by atoms with Gasteiger partial charge in [-0.2, -0.15) is 0 Å². The number of morpholine rings is 1. The number of benzene rings is 1. The van der Waals surface area contributed by atoms with Gasteiger partial charge in [0.25, 0.3) is 0 Å². The summed E-state index contributed by atoms with van der Waals surface area (Å²) in [6.07, 6.45) is 1.21. The maximum atomic E-state index is 6.36. The van der Waals surface area contributed by atoms with Crippen molar-refractivity contribution in [1.29, 1.82) is 0 Å². The first-order valence-electron chi connectivity index (χ1n) is 7.71. The topological polar surface area (TPSA) is 57.0 Å². The summed E-state index contributed by atoms with van der Waals surface area (Å²) >= 11 is 0. The van der Waals surface area contributed by atoms with Gasteiger partial charge in [0.05, 0.1) is 25.9 Å². The van der Waals surface area contributed by atoms with E-state index < -0.39 is 0 Å². The molecule has 5 heteroatoms. The number of ether oxygens (including phenoxy) is 3. The largest absolute Gasteiger partial charge is 0.490 e. The Morgan fingerprint density at radius 2 is 2.05 bits per heavy atom. The van der Waals surface area contributed by atoms with Gasteiger partial charge >= 0.3 is 0 Å². The van der Waals surface area contributed by atoms with Gasteiger partial charge < -0.3 is 19.9 Å². The normalized spacial score (nSPS) is 24.4. The Labute approximate surface area is 126 Å². The lowest BCUT2D eigenvalue weighted by Crippen LogP contribution is -2.44. The van der Waals surface area contributed by atoms with E-state index in [0.29, 0.717) is 13.2 Å². The molecule has 0 amide bonds. The van der Waals surface area contributed by atoms with Crippen LogP contribution in [0, 0.1) is 0 Å². The van der Waals surface area contributed by atoms with Crippen molar-refractivity contribution in [3.63, 3.8) is 0 Å². The van der Waals surface area contributed by atoms with Crippen molar-refractivity contribution < 1.29 is 14.2 Å². The molecule has 2 N–H and O–H groups in total. The summed E-state index contributed by atoms with van der Waals surface area (Å²) in [4.78, 5) is 2.36. The Balaban J connectivity index is 1.66. The van der Waals surface area contributed by atoms with Crippen molar-refractivity contribution in [1.82, 2.24) is 4.90 Å². The van der Waals surface area contributed by atoms with E-state index >= 15 is 0 Å². The summed E-state index contributed by atoms with van der Waals surface area (Å²) in [6.45, 7) is 7.03. The summed E-state index contributed by atoms with van der Waals surface area (Å²) in [7, 11) is 0. The van der Waals surface area contributed by atoms with E-state index in [1.807, 2.05) is 18.2 Å². The van der Waals surface area contributed by atoms with Crippen molar-refractivity contribution >= 4 is 0 Å². The van der Waals surface area contributed by atoms with Crippen LogP contribution in [0.1, 0.15) is 24.9 Å². The molecule has 116 valence electrons. The van der Waals surface area contributed by atoms with E-state index in [9.17, 15) is 0 Å². The summed E-state index contributed by atoms with van der Waals surface area (Å²) in [5, 5.41) is 0. The second-order valence-corrected chi connectivity index (χ2v) is 5.80. The van der Waals surface area contributed by atoms with Gasteiger partial charge in [-0.05, 0) is 24.6 Å². The van der Waals surface area contributed by atoms with E-state index in [2.05, 4.69) is 11.8 Å². The van der Waals surface area contributed by atoms with Gasteiger partial charge in [-0.25, -0.2) is 0 Å². The van der Waals surface area contributed by atoms with Crippen molar-refractivity contribution in [2.24, 2.45) is 5.73 Å². The van der Waals surface area contributed by atoms with Crippen LogP contribution in [0.2, 0.25) is 0 Å². The average molecular weight is 292 g/mol. The molecular formula is C16H24N2O3. The maximum absolute atomic E-state index is 6.36. The molecule has 3 rings (SSSR count). The van der Waals surface area contributed by atoms with Crippen molar-refractivity contribution in [3.8, 4) is 11.5 Å². The maximum Gasteiger partial charge on any atom is 0.161 e. The summed E-state index contributed by atoms with van der Waals surface area (Å²) in [5.41, 5.74) is 7.46.